The monoisotopic (exact) mass is 270 g/mol. The molecule has 0 aliphatic rings. The van der Waals surface area contributed by atoms with E-state index in [1.54, 1.807) is 48.5 Å². The highest BCUT2D eigenvalue weighted by molar-refractivity contribution is 5.92. The summed E-state index contributed by atoms with van der Waals surface area (Å²) >= 11 is 0. The summed E-state index contributed by atoms with van der Waals surface area (Å²) in [5, 5.41) is 0. The van der Waals surface area contributed by atoms with Crippen molar-refractivity contribution in [2.24, 2.45) is 0 Å². The van der Waals surface area contributed by atoms with Crippen LogP contribution in [-0.4, -0.2) is 19.0 Å². The van der Waals surface area contributed by atoms with Gasteiger partial charge >= 0.3 is 11.9 Å². The Morgan fingerprint density at radius 1 is 0.950 bits per heavy atom. The summed E-state index contributed by atoms with van der Waals surface area (Å²) in [7, 11) is 1.31. The maximum Gasteiger partial charge on any atom is 0.338 e. The first-order valence-corrected chi connectivity index (χ1v) is 6.12. The van der Waals surface area contributed by atoms with Crippen LogP contribution in [0.2, 0.25) is 0 Å². The highest BCUT2D eigenvalue weighted by Crippen LogP contribution is 2.14. The minimum absolute atomic E-state index is 0.0141. The smallest absolute Gasteiger partial charge is 0.338 e. The lowest BCUT2D eigenvalue weighted by atomic mass is 10.0. The van der Waals surface area contributed by atoms with Crippen LogP contribution in [0, 0.1) is 0 Å². The van der Waals surface area contributed by atoms with Gasteiger partial charge in [0.25, 0.3) is 0 Å². The molecule has 4 heteroatoms. The lowest BCUT2D eigenvalue weighted by molar-refractivity contribution is -0.133. The van der Waals surface area contributed by atoms with Crippen LogP contribution < -0.4 is 4.74 Å². The Kier molecular flexibility index (Phi) is 4.50. The highest BCUT2D eigenvalue weighted by atomic mass is 16.5. The highest BCUT2D eigenvalue weighted by Gasteiger charge is 2.14. The number of hydrogen-bond donors (Lipinski definition) is 0. The topological polar surface area (TPSA) is 52.6 Å². The summed E-state index contributed by atoms with van der Waals surface area (Å²) in [5.41, 5.74) is 0.959. The van der Waals surface area contributed by atoms with Crippen LogP contribution >= 0.6 is 0 Å². The summed E-state index contributed by atoms with van der Waals surface area (Å²) < 4.78 is 9.88. The molecule has 0 fully saturated rings. The molecule has 0 aliphatic carbocycles. The van der Waals surface area contributed by atoms with Gasteiger partial charge in [0.1, 0.15) is 5.75 Å². The Bertz CT molecular complexity index is 605. The third-order valence-corrected chi connectivity index (χ3v) is 2.73. The zero-order valence-electron chi connectivity index (χ0n) is 11.0. The Balaban J connectivity index is 2.10. The summed E-state index contributed by atoms with van der Waals surface area (Å²) in [5.74, 6) is -0.409. The number of carbonyl (C=O) groups excluding carboxylic acids is 2. The first kappa shape index (κ1) is 13.8. The molecule has 0 saturated carbocycles. The molecule has 4 nitrogen and oxygen atoms in total. The predicted octanol–water partition coefficient (Wildman–Crippen LogP) is 2.62. The fourth-order valence-electron chi connectivity index (χ4n) is 1.80. The molecule has 0 N–H and O–H groups in total. The molecule has 0 aromatic heterocycles. The first-order valence-electron chi connectivity index (χ1n) is 6.12. The molecule has 0 heterocycles. The van der Waals surface area contributed by atoms with Gasteiger partial charge in [0.2, 0.25) is 0 Å². The maximum absolute atomic E-state index is 11.9. The van der Waals surface area contributed by atoms with Crippen molar-refractivity contribution in [2.75, 3.05) is 7.11 Å². The molecular formula is C16H14O4. The molecule has 0 aliphatic heterocycles. The number of benzene rings is 2. The van der Waals surface area contributed by atoms with E-state index in [0.29, 0.717) is 16.9 Å². The van der Waals surface area contributed by atoms with E-state index in [1.807, 2.05) is 6.07 Å². The van der Waals surface area contributed by atoms with Crippen LogP contribution in [-0.2, 0) is 16.0 Å². The van der Waals surface area contributed by atoms with Gasteiger partial charge < -0.3 is 9.47 Å². The minimum Gasteiger partial charge on any atom is -0.465 e. The van der Waals surface area contributed by atoms with Gasteiger partial charge in [-0.1, -0.05) is 36.4 Å². The zero-order valence-corrected chi connectivity index (χ0v) is 11.0. The van der Waals surface area contributed by atoms with Gasteiger partial charge in [0, 0.05) is 0 Å². The lowest BCUT2D eigenvalue weighted by Crippen LogP contribution is -2.14. The number of carbonyl (C=O) groups is 2. The molecule has 0 unspecified atom stereocenters. The van der Waals surface area contributed by atoms with E-state index in [1.165, 1.54) is 7.11 Å². The van der Waals surface area contributed by atoms with Crippen LogP contribution in [0.5, 0.6) is 5.75 Å². The standard InChI is InChI=1S/C16H14O4/c1-19-16(18)14-10-6-5-7-12(14)11-15(17)20-13-8-3-2-4-9-13/h2-10H,11H2,1H3. The molecule has 102 valence electrons. The number of hydrogen-bond acceptors (Lipinski definition) is 4. The third kappa shape index (κ3) is 3.45. The largest absolute Gasteiger partial charge is 0.465 e. The quantitative estimate of drug-likeness (QED) is 0.633. The Labute approximate surface area is 116 Å². The average molecular weight is 270 g/mol. The molecule has 0 saturated heterocycles. The van der Waals surface area contributed by atoms with Crippen LogP contribution in [0.25, 0.3) is 0 Å². The molecule has 0 atom stereocenters. The van der Waals surface area contributed by atoms with Gasteiger partial charge in [0.05, 0.1) is 19.1 Å². The lowest BCUT2D eigenvalue weighted by Gasteiger charge is -2.07. The van der Waals surface area contributed by atoms with Crippen LogP contribution in [0.4, 0.5) is 0 Å². The number of ether oxygens (including phenoxy) is 2. The van der Waals surface area contributed by atoms with Gasteiger partial charge in [-0.25, -0.2) is 4.79 Å². The Morgan fingerprint density at radius 3 is 2.30 bits per heavy atom. The maximum atomic E-state index is 11.9. The molecule has 0 bridgehead atoms. The fourth-order valence-corrected chi connectivity index (χ4v) is 1.80. The number of rotatable bonds is 4. The molecule has 20 heavy (non-hydrogen) atoms. The SMILES string of the molecule is COC(=O)c1ccccc1CC(=O)Oc1ccccc1. The van der Waals surface area contributed by atoms with E-state index in [4.69, 9.17) is 4.74 Å². The molecule has 2 rings (SSSR count). The fraction of sp³-hybridized carbons (Fsp3) is 0.125. The molecule has 2 aromatic rings. The summed E-state index contributed by atoms with van der Waals surface area (Å²) in [6, 6.07) is 15.6. The van der Waals surface area contributed by atoms with Crippen molar-refractivity contribution < 1.29 is 19.1 Å². The van der Waals surface area contributed by atoms with Crippen molar-refractivity contribution >= 4 is 11.9 Å². The van der Waals surface area contributed by atoms with Crippen molar-refractivity contribution in [1.82, 2.24) is 0 Å². The van der Waals surface area contributed by atoms with Crippen LogP contribution in [0.3, 0.4) is 0 Å². The van der Waals surface area contributed by atoms with Crippen molar-refractivity contribution in [3.05, 3.63) is 65.7 Å². The van der Waals surface area contributed by atoms with Gasteiger partial charge in [0.15, 0.2) is 0 Å². The summed E-state index contributed by atoms with van der Waals surface area (Å²) in [4.78, 5) is 23.5. The van der Waals surface area contributed by atoms with Crippen molar-refractivity contribution in [3.63, 3.8) is 0 Å². The van der Waals surface area contributed by atoms with Crippen molar-refractivity contribution in [3.8, 4) is 5.75 Å². The van der Waals surface area contributed by atoms with Crippen molar-refractivity contribution in [2.45, 2.75) is 6.42 Å². The summed E-state index contributed by atoms with van der Waals surface area (Å²) in [6.07, 6.45) is 0.0141. The van der Waals surface area contributed by atoms with Gasteiger partial charge in [-0.15, -0.1) is 0 Å². The molecule has 2 aromatic carbocycles. The van der Waals surface area contributed by atoms with E-state index in [2.05, 4.69) is 4.74 Å². The van der Waals surface area contributed by atoms with E-state index >= 15 is 0 Å². The Hall–Kier alpha value is -2.62. The zero-order chi connectivity index (χ0) is 14.4. The normalized spacial score (nSPS) is 9.85. The molecule has 0 radical (unpaired) electrons. The number of esters is 2. The molecule has 0 amide bonds. The van der Waals surface area contributed by atoms with E-state index < -0.39 is 11.9 Å². The third-order valence-electron chi connectivity index (χ3n) is 2.73. The van der Waals surface area contributed by atoms with Crippen LogP contribution in [0.1, 0.15) is 15.9 Å². The van der Waals surface area contributed by atoms with E-state index in [0.717, 1.165) is 0 Å². The first-order chi connectivity index (χ1) is 9.70. The molecular weight excluding hydrogens is 256 g/mol. The Morgan fingerprint density at radius 2 is 1.60 bits per heavy atom. The minimum atomic E-state index is -0.465. The second kappa shape index (κ2) is 6.52. The second-order valence-electron chi connectivity index (χ2n) is 4.11. The van der Waals surface area contributed by atoms with Gasteiger partial charge in [-0.2, -0.15) is 0 Å². The van der Waals surface area contributed by atoms with Gasteiger partial charge in [-0.05, 0) is 23.8 Å². The van der Waals surface area contributed by atoms with Crippen molar-refractivity contribution in [1.29, 1.82) is 0 Å². The van der Waals surface area contributed by atoms with E-state index in [-0.39, 0.29) is 6.42 Å². The molecule has 0 spiro atoms. The van der Waals surface area contributed by atoms with Gasteiger partial charge in [-0.3, -0.25) is 4.79 Å². The predicted molar refractivity (Wildman–Crippen MR) is 73.6 cm³/mol. The summed E-state index contributed by atoms with van der Waals surface area (Å²) in [6.45, 7) is 0. The van der Waals surface area contributed by atoms with E-state index in [9.17, 15) is 9.59 Å². The number of para-hydroxylation sites is 1. The number of methoxy groups -OCH3 is 1. The second-order valence-corrected chi connectivity index (χ2v) is 4.11. The van der Waals surface area contributed by atoms with Crippen LogP contribution in [0.15, 0.2) is 54.6 Å². The average Bonchev–Trinajstić information content (AvgIpc) is 2.48.